The zero-order valence-electron chi connectivity index (χ0n) is 19.9. The van der Waals surface area contributed by atoms with Gasteiger partial charge in [0.2, 0.25) is 0 Å². The van der Waals surface area contributed by atoms with E-state index >= 15 is 0 Å². The van der Waals surface area contributed by atoms with Crippen molar-refractivity contribution in [2.75, 3.05) is 19.6 Å². The van der Waals surface area contributed by atoms with Gasteiger partial charge in [-0.1, -0.05) is 13.0 Å². The Morgan fingerprint density at radius 3 is 2.66 bits per heavy atom. The van der Waals surface area contributed by atoms with E-state index in [0.29, 0.717) is 29.3 Å². The van der Waals surface area contributed by atoms with Crippen LogP contribution in [0.15, 0.2) is 60.4 Å². The van der Waals surface area contributed by atoms with Crippen molar-refractivity contribution in [1.29, 1.82) is 0 Å². The summed E-state index contributed by atoms with van der Waals surface area (Å²) in [5.41, 5.74) is 2.22. The maximum Gasteiger partial charge on any atom is 0.420 e. The van der Waals surface area contributed by atoms with E-state index in [9.17, 15) is 18.0 Å². The molecule has 0 bridgehead atoms. The maximum absolute atomic E-state index is 13.9. The highest BCUT2D eigenvalue weighted by molar-refractivity contribution is 5.98. The van der Waals surface area contributed by atoms with Crippen molar-refractivity contribution < 1.29 is 18.0 Å². The summed E-state index contributed by atoms with van der Waals surface area (Å²) in [7, 11) is 0. The number of pyridine rings is 1. The first-order valence-electron chi connectivity index (χ1n) is 11.8. The highest BCUT2D eigenvalue weighted by Gasteiger charge is 2.35. The lowest BCUT2D eigenvalue weighted by Crippen LogP contribution is -2.48. The molecule has 1 saturated heterocycles. The van der Waals surface area contributed by atoms with E-state index in [1.807, 2.05) is 31.4 Å². The van der Waals surface area contributed by atoms with Gasteiger partial charge in [0, 0.05) is 56.0 Å². The Morgan fingerprint density at radius 2 is 1.91 bits per heavy atom. The summed E-state index contributed by atoms with van der Waals surface area (Å²) in [5, 5.41) is 3.41. The molecule has 0 radical (unpaired) electrons. The van der Waals surface area contributed by atoms with E-state index in [0.717, 1.165) is 37.1 Å². The summed E-state index contributed by atoms with van der Waals surface area (Å²) in [5.74, 6) is -0.428. The van der Waals surface area contributed by atoms with E-state index in [2.05, 4.69) is 22.1 Å². The Kier molecular flexibility index (Phi) is 5.83. The fourth-order valence-electron chi connectivity index (χ4n) is 4.94. The average molecular weight is 484 g/mol. The smallest absolute Gasteiger partial charge is 0.368 e. The molecule has 2 aromatic heterocycles. The first-order valence-corrected chi connectivity index (χ1v) is 11.8. The quantitative estimate of drug-likeness (QED) is 0.684. The van der Waals surface area contributed by atoms with Crippen molar-refractivity contribution in [1.82, 2.24) is 24.5 Å². The van der Waals surface area contributed by atoms with Crippen LogP contribution < -0.4 is 5.32 Å². The standard InChI is InChI=1S/C26H28F3N5O/c1-16-4-5-20-6-7-21(32-9-8-30-17(2)12-32)15-34(20)24(35)11-22(16)19-10-23(26(27,28)29)25-31-18(3)13-33(25)14-19/h5-7,10-11,13-17,30H,4,8-9,12H2,1-3H3. The second-order valence-electron chi connectivity index (χ2n) is 9.52. The Balaban J connectivity index is 1.54. The lowest BCUT2D eigenvalue weighted by atomic mass is 9.89. The van der Waals surface area contributed by atoms with Crippen LogP contribution in [0.2, 0.25) is 0 Å². The zero-order valence-corrected chi connectivity index (χ0v) is 19.9. The minimum atomic E-state index is -4.56. The van der Waals surface area contributed by atoms with Gasteiger partial charge in [0.15, 0.2) is 0 Å². The van der Waals surface area contributed by atoms with E-state index in [1.165, 1.54) is 10.5 Å². The first kappa shape index (κ1) is 23.4. The van der Waals surface area contributed by atoms with Crippen LogP contribution in [0.4, 0.5) is 13.2 Å². The molecular weight excluding hydrogens is 455 g/mol. The molecule has 0 spiro atoms. The second kappa shape index (κ2) is 8.71. The van der Waals surface area contributed by atoms with Gasteiger partial charge in [-0.15, -0.1) is 0 Å². The van der Waals surface area contributed by atoms with Crippen molar-refractivity contribution in [3.63, 3.8) is 0 Å². The number of imidazole rings is 1. The molecule has 6 nitrogen and oxygen atoms in total. The van der Waals surface area contributed by atoms with Crippen LogP contribution in [0.1, 0.15) is 37.1 Å². The van der Waals surface area contributed by atoms with Gasteiger partial charge >= 0.3 is 6.18 Å². The number of carbonyl (C=O) groups excluding carboxylic acids is 1. The Bertz CT molecular complexity index is 1300. The number of alkyl halides is 3. The highest BCUT2D eigenvalue weighted by atomic mass is 19.4. The zero-order chi connectivity index (χ0) is 24.9. The third-order valence-electron chi connectivity index (χ3n) is 6.74. The van der Waals surface area contributed by atoms with Crippen molar-refractivity contribution in [2.45, 2.75) is 39.4 Å². The third kappa shape index (κ3) is 4.52. The fraction of sp³-hybridized carbons (Fsp3) is 0.385. The monoisotopic (exact) mass is 483 g/mol. The van der Waals surface area contributed by atoms with Gasteiger partial charge < -0.3 is 14.6 Å². The van der Waals surface area contributed by atoms with Gasteiger partial charge in [-0.25, -0.2) is 4.98 Å². The lowest BCUT2D eigenvalue weighted by molar-refractivity contribution is -0.136. The topological polar surface area (TPSA) is 52.9 Å². The maximum atomic E-state index is 13.9. The van der Waals surface area contributed by atoms with E-state index in [4.69, 9.17) is 0 Å². The summed E-state index contributed by atoms with van der Waals surface area (Å²) in [6.45, 7) is 8.24. The van der Waals surface area contributed by atoms with Crippen molar-refractivity contribution >= 4 is 17.1 Å². The van der Waals surface area contributed by atoms with Gasteiger partial charge in [0.25, 0.3) is 5.91 Å². The van der Waals surface area contributed by atoms with Crippen molar-refractivity contribution in [2.24, 2.45) is 5.92 Å². The molecule has 9 heteroatoms. The molecule has 184 valence electrons. The van der Waals surface area contributed by atoms with Gasteiger partial charge in [-0.05, 0) is 55.5 Å². The molecule has 0 saturated carbocycles. The van der Waals surface area contributed by atoms with Crippen LogP contribution in [0.25, 0.3) is 11.2 Å². The van der Waals surface area contributed by atoms with Crippen LogP contribution in [-0.2, 0) is 11.0 Å². The van der Waals surface area contributed by atoms with Crippen LogP contribution in [-0.4, -0.2) is 50.8 Å². The predicted octanol–water partition coefficient (Wildman–Crippen LogP) is 4.50. The van der Waals surface area contributed by atoms with Gasteiger partial charge in [-0.3, -0.25) is 9.69 Å². The number of aryl methyl sites for hydroxylation is 1. The number of halogens is 3. The van der Waals surface area contributed by atoms with Crippen molar-refractivity contribution in [3.05, 3.63) is 77.2 Å². The summed E-state index contributed by atoms with van der Waals surface area (Å²) in [6, 6.07) is 1.46. The number of rotatable bonds is 2. The molecule has 1 amide bonds. The number of nitrogens with one attached hydrogen (secondary N) is 1. The summed E-state index contributed by atoms with van der Waals surface area (Å²) >= 11 is 0. The largest absolute Gasteiger partial charge is 0.420 e. The Hall–Kier alpha value is -3.33. The summed E-state index contributed by atoms with van der Waals surface area (Å²) < 4.78 is 43.0. The van der Waals surface area contributed by atoms with Gasteiger partial charge in [0.1, 0.15) is 5.65 Å². The number of hydrogen-bond donors (Lipinski definition) is 1. The van der Waals surface area contributed by atoms with Crippen LogP contribution in [0, 0.1) is 12.8 Å². The molecule has 2 unspecified atom stereocenters. The molecule has 5 rings (SSSR count). The fourth-order valence-corrected chi connectivity index (χ4v) is 4.94. The molecule has 0 aliphatic carbocycles. The molecule has 3 aliphatic rings. The van der Waals surface area contributed by atoms with E-state index in [1.54, 1.807) is 24.2 Å². The van der Waals surface area contributed by atoms with Crippen LogP contribution >= 0.6 is 0 Å². The Labute approximate surface area is 202 Å². The molecule has 35 heavy (non-hydrogen) atoms. The molecule has 0 aromatic carbocycles. The van der Waals surface area contributed by atoms with E-state index in [-0.39, 0.29) is 17.5 Å². The lowest BCUT2D eigenvalue weighted by Gasteiger charge is -2.36. The number of carbonyl (C=O) groups is 1. The molecule has 3 aliphatic heterocycles. The predicted molar refractivity (Wildman–Crippen MR) is 128 cm³/mol. The Morgan fingerprint density at radius 1 is 1.14 bits per heavy atom. The molecule has 1 N–H and O–H groups in total. The molecule has 2 atom stereocenters. The SMILES string of the molecule is Cc1cn2cc(C3=CC(=O)N4C=C(N5CCNC(C)C5)C=CC4=CCC3C)cc(C(F)(F)F)c2n1. The molecule has 1 fully saturated rings. The number of amides is 1. The summed E-state index contributed by atoms with van der Waals surface area (Å²) in [6.07, 6.45) is 8.48. The van der Waals surface area contributed by atoms with Gasteiger partial charge in [0.05, 0.1) is 17.0 Å². The van der Waals surface area contributed by atoms with E-state index < -0.39 is 11.7 Å². The minimum Gasteiger partial charge on any atom is -0.368 e. The summed E-state index contributed by atoms with van der Waals surface area (Å²) in [4.78, 5) is 21.3. The molecule has 2 aromatic rings. The van der Waals surface area contributed by atoms with Crippen LogP contribution in [0.3, 0.4) is 0 Å². The van der Waals surface area contributed by atoms with Gasteiger partial charge in [-0.2, -0.15) is 13.2 Å². The third-order valence-corrected chi connectivity index (χ3v) is 6.74. The number of nitrogens with zero attached hydrogens (tertiary/aromatic N) is 4. The molecule has 5 heterocycles. The normalized spacial score (nSPS) is 23.5. The minimum absolute atomic E-state index is 0.134. The number of fused-ring (bicyclic) bond motifs is 2. The number of hydrogen-bond acceptors (Lipinski definition) is 4. The van der Waals surface area contributed by atoms with Crippen molar-refractivity contribution in [3.8, 4) is 0 Å². The number of piperazine rings is 1. The van der Waals surface area contributed by atoms with Crippen LogP contribution in [0.5, 0.6) is 0 Å². The first-order chi connectivity index (χ1) is 16.6. The second-order valence-corrected chi connectivity index (χ2v) is 9.52. The number of aromatic nitrogens is 2. The highest BCUT2D eigenvalue weighted by Crippen LogP contribution is 2.37. The molecular formula is C26H28F3N5O. The average Bonchev–Trinajstić information content (AvgIpc) is 3.18. The number of allylic oxidation sites excluding steroid dienone is 4.